The summed E-state index contributed by atoms with van der Waals surface area (Å²) in [6.07, 6.45) is 7.36. The highest BCUT2D eigenvalue weighted by Gasteiger charge is 2.31. The van der Waals surface area contributed by atoms with Crippen molar-refractivity contribution in [3.63, 3.8) is 0 Å². The second kappa shape index (κ2) is 8.53. The van der Waals surface area contributed by atoms with E-state index in [1.807, 2.05) is 24.3 Å². The van der Waals surface area contributed by atoms with E-state index in [9.17, 15) is 9.59 Å². The summed E-state index contributed by atoms with van der Waals surface area (Å²) < 4.78 is 11.2. The molecular weight excluding hydrogens is 396 g/mol. The zero-order valence-corrected chi connectivity index (χ0v) is 17.1. The van der Waals surface area contributed by atoms with Crippen molar-refractivity contribution in [1.29, 1.82) is 0 Å². The molecule has 1 N–H and O–H groups in total. The van der Waals surface area contributed by atoms with Crippen LogP contribution in [-0.2, 0) is 9.59 Å². The smallest absolute Gasteiger partial charge is 0.266 e. The number of carbonyl (C=O) groups excluding carboxylic acids is 2. The van der Waals surface area contributed by atoms with Crippen LogP contribution >= 0.6 is 24.0 Å². The first-order valence-electron chi connectivity index (χ1n) is 9.54. The molecule has 0 atom stereocenters. The number of amides is 2. The highest BCUT2D eigenvalue weighted by atomic mass is 32.2. The largest absolute Gasteiger partial charge is 0.454 e. The number of carbonyl (C=O) groups is 2. The van der Waals surface area contributed by atoms with Gasteiger partial charge in [-0.25, -0.2) is 0 Å². The first-order chi connectivity index (χ1) is 13.6. The Morgan fingerprint density at radius 2 is 2.07 bits per heavy atom. The number of ether oxygens (including phenoxy) is 2. The van der Waals surface area contributed by atoms with Crippen LogP contribution in [0.3, 0.4) is 0 Å². The van der Waals surface area contributed by atoms with Gasteiger partial charge in [-0.05, 0) is 43.0 Å². The van der Waals surface area contributed by atoms with Crippen LogP contribution in [0.5, 0.6) is 11.5 Å². The Labute approximate surface area is 173 Å². The van der Waals surface area contributed by atoms with E-state index in [2.05, 4.69) is 5.32 Å². The summed E-state index contributed by atoms with van der Waals surface area (Å²) in [5.41, 5.74) is 0.862. The molecule has 2 heterocycles. The number of hydrogen-bond donors (Lipinski definition) is 1. The minimum atomic E-state index is -0.108. The molecule has 8 heteroatoms. The molecule has 3 aliphatic rings. The van der Waals surface area contributed by atoms with E-state index in [1.54, 1.807) is 4.90 Å². The summed E-state index contributed by atoms with van der Waals surface area (Å²) in [4.78, 5) is 26.9. The van der Waals surface area contributed by atoms with Crippen LogP contribution in [0.15, 0.2) is 23.1 Å². The van der Waals surface area contributed by atoms with Crippen molar-refractivity contribution in [3.8, 4) is 11.5 Å². The van der Waals surface area contributed by atoms with Gasteiger partial charge in [0.15, 0.2) is 11.5 Å². The Kier molecular flexibility index (Phi) is 5.87. The Balaban J connectivity index is 1.31. The van der Waals surface area contributed by atoms with Crippen molar-refractivity contribution in [2.45, 2.75) is 44.6 Å². The molecule has 1 aromatic rings. The zero-order chi connectivity index (χ0) is 19.5. The van der Waals surface area contributed by atoms with Crippen LogP contribution in [0.25, 0.3) is 6.08 Å². The van der Waals surface area contributed by atoms with Crippen molar-refractivity contribution < 1.29 is 19.1 Å². The van der Waals surface area contributed by atoms with Crippen LogP contribution in [-0.4, -0.2) is 40.4 Å². The summed E-state index contributed by atoms with van der Waals surface area (Å²) in [6, 6.07) is 5.89. The fraction of sp³-hybridized carbons (Fsp3) is 0.450. The molecule has 2 aliphatic heterocycles. The van der Waals surface area contributed by atoms with Gasteiger partial charge in [0, 0.05) is 19.0 Å². The van der Waals surface area contributed by atoms with Crippen LogP contribution in [0.2, 0.25) is 0 Å². The van der Waals surface area contributed by atoms with Gasteiger partial charge in [0.25, 0.3) is 5.91 Å². The number of thioether (sulfide) groups is 1. The topological polar surface area (TPSA) is 67.9 Å². The summed E-state index contributed by atoms with van der Waals surface area (Å²) in [7, 11) is 0. The molecule has 148 valence electrons. The van der Waals surface area contributed by atoms with E-state index in [-0.39, 0.29) is 18.6 Å². The van der Waals surface area contributed by atoms with Crippen LogP contribution in [0.1, 0.15) is 44.1 Å². The number of nitrogens with one attached hydrogen (secondary N) is 1. The molecule has 28 heavy (non-hydrogen) atoms. The third-order valence-corrected chi connectivity index (χ3v) is 6.45. The molecule has 1 saturated carbocycles. The maximum Gasteiger partial charge on any atom is 0.266 e. The Bertz CT molecular complexity index is 833. The maximum atomic E-state index is 12.7. The molecule has 6 nitrogen and oxygen atoms in total. The third kappa shape index (κ3) is 4.33. The number of rotatable bonds is 6. The minimum absolute atomic E-state index is 0.0632. The molecule has 4 rings (SSSR count). The molecule has 2 amide bonds. The first kappa shape index (κ1) is 19.3. The van der Waals surface area contributed by atoms with Gasteiger partial charge >= 0.3 is 0 Å². The molecular formula is C20H22N2O4S2. The van der Waals surface area contributed by atoms with Crippen LogP contribution < -0.4 is 14.8 Å². The molecule has 0 spiro atoms. The van der Waals surface area contributed by atoms with E-state index in [0.29, 0.717) is 46.2 Å². The fourth-order valence-corrected chi connectivity index (χ4v) is 4.92. The summed E-state index contributed by atoms with van der Waals surface area (Å²) >= 11 is 6.66. The molecule has 1 aromatic carbocycles. The van der Waals surface area contributed by atoms with Gasteiger partial charge in [0.05, 0.1) is 4.91 Å². The van der Waals surface area contributed by atoms with Gasteiger partial charge in [-0.1, -0.05) is 42.9 Å². The predicted molar refractivity (Wildman–Crippen MR) is 112 cm³/mol. The van der Waals surface area contributed by atoms with E-state index < -0.39 is 0 Å². The second-order valence-corrected chi connectivity index (χ2v) is 8.77. The SMILES string of the molecule is O=C(CCCN1C(=O)/C(=C\c2ccc3c(c2)OCO3)SC1=S)NC1CCCC1. The lowest BCUT2D eigenvalue weighted by molar-refractivity contribution is -0.124. The van der Waals surface area contributed by atoms with E-state index in [0.717, 1.165) is 18.4 Å². The Hall–Kier alpha value is -2.06. The molecule has 0 aromatic heterocycles. The number of thiocarbonyl (C=S) groups is 1. The third-order valence-electron chi connectivity index (χ3n) is 5.07. The van der Waals surface area contributed by atoms with Crippen molar-refractivity contribution in [3.05, 3.63) is 28.7 Å². The highest BCUT2D eigenvalue weighted by Crippen LogP contribution is 2.36. The van der Waals surface area contributed by atoms with Gasteiger partial charge in [-0.15, -0.1) is 0 Å². The number of benzene rings is 1. The molecule has 0 radical (unpaired) electrons. The normalized spacial score (nSPS) is 20.4. The van der Waals surface area contributed by atoms with Crippen molar-refractivity contribution in [2.24, 2.45) is 0 Å². The van der Waals surface area contributed by atoms with E-state index in [1.165, 1.54) is 24.6 Å². The fourth-order valence-electron chi connectivity index (χ4n) is 3.61. The van der Waals surface area contributed by atoms with Crippen molar-refractivity contribution in [1.82, 2.24) is 10.2 Å². The second-order valence-electron chi connectivity index (χ2n) is 7.10. The van der Waals surface area contributed by atoms with Gasteiger partial charge in [0.1, 0.15) is 4.32 Å². The number of hydrogen-bond acceptors (Lipinski definition) is 6. The molecule has 0 unspecified atom stereocenters. The molecule has 0 bridgehead atoms. The highest BCUT2D eigenvalue weighted by molar-refractivity contribution is 8.26. The maximum absolute atomic E-state index is 12.7. The van der Waals surface area contributed by atoms with E-state index in [4.69, 9.17) is 21.7 Å². The lowest BCUT2D eigenvalue weighted by Crippen LogP contribution is -2.34. The predicted octanol–water partition coefficient (Wildman–Crippen LogP) is 3.46. The average molecular weight is 419 g/mol. The standard InChI is InChI=1S/C20H22N2O4S2/c23-18(21-14-4-1-2-5-14)6-3-9-22-19(24)17(28-20(22)27)11-13-7-8-15-16(10-13)26-12-25-15/h7-8,10-11,14H,1-6,9,12H2,(H,21,23)/b17-11+. The van der Waals surface area contributed by atoms with Gasteiger partial charge < -0.3 is 14.8 Å². The van der Waals surface area contributed by atoms with Crippen LogP contribution in [0.4, 0.5) is 0 Å². The lowest BCUT2D eigenvalue weighted by atomic mass is 10.2. The minimum Gasteiger partial charge on any atom is -0.454 e. The van der Waals surface area contributed by atoms with Gasteiger partial charge in [0.2, 0.25) is 12.7 Å². The summed E-state index contributed by atoms with van der Waals surface area (Å²) in [5.74, 6) is 1.34. The quantitative estimate of drug-likeness (QED) is 0.564. The lowest BCUT2D eigenvalue weighted by Gasteiger charge is -2.15. The van der Waals surface area contributed by atoms with E-state index >= 15 is 0 Å². The van der Waals surface area contributed by atoms with Crippen molar-refractivity contribution in [2.75, 3.05) is 13.3 Å². The number of fused-ring (bicyclic) bond motifs is 1. The number of nitrogens with zero attached hydrogens (tertiary/aromatic N) is 1. The van der Waals surface area contributed by atoms with Gasteiger partial charge in [-0.2, -0.15) is 0 Å². The summed E-state index contributed by atoms with van der Waals surface area (Å²) in [6.45, 7) is 0.677. The monoisotopic (exact) mass is 418 g/mol. The van der Waals surface area contributed by atoms with Crippen LogP contribution in [0, 0.1) is 0 Å². The molecule has 1 aliphatic carbocycles. The Morgan fingerprint density at radius 1 is 1.29 bits per heavy atom. The first-order valence-corrected chi connectivity index (χ1v) is 10.8. The molecule has 2 fully saturated rings. The molecule has 1 saturated heterocycles. The van der Waals surface area contributed by atoms with Gasteiger partial charge in [-0.3, -0.25) is 14.5 Å². The summed E-state index contributed by atoms with van der Waals surface area (Å²) in [5, 5.41) is 3.07. The average Bonchev–Trinajstić information content (AvgIpc) is 3.39. The zero-order valence-electron chi connectivity index (χ0n) is 15.4. The Morgan fingerprint density at radius 3 is 2.89 bits per heavy atom. The van der Waals surface area contributed by atoms with Crippen molar-refractivity contribution >= 4 is 46.2 Å².